The number of imidazole rings is 1. The lowest BCUT2D eigenvalue weighted by Gasteiger charge is -2.11. The second kappa shape index (κ2) is 8.79. The number of aromatic nitrogens is 4. The minimum atomic E-state index is -0.441. The van der Waals surface area contributed by atoms with Crippen molar-refractivity contribution in [2.45, 2.75) is 6.54 Å². The Morgan fingerprint density at radius 3 is 2.26 bits per heavy atom. The highest BCUT2D eigenvalue weighted by atomic mass is 79.9. The van der Waals surface area contributed by atoms with Gasteiger partial charge >= 0.3 is 11.7 Å². The molecule has 0 bridgehead atoms. The van der Waals surface area contributed by atoms with Crippen LogP contribution in [0.4, 0.5) is 0 Å². The standard InChI is InChI=1S/C26H21BrN4O3/c1-29-23-22(24(32)30(2)26(29)33)31(16-17-7-6-10-20(27)15-17)25(28-23)34-21-13-11-19(12-14-21)18-8-4-3-5-9-18/h3-15H,16H2,1-2H3. The van der Waals surface area contributed by atoms with Gasteiger partial charge in [-0.1, -0.05) is 70.5 Å². The number of rotatable bonds is 5. The van der Waals surface area contributed by atoms with E-state index in [9.17, 15) is 9.59 Å². The minimum Gasteiger partial charge on any atom is -0.425 e. The summed E-state index contributed by atoms with van der Waals surface area (Å²) < 4.78 is 11.2. The fraction of sp³-hybridized carbons (Fsp3) is 0.115. The van der Waals surface area contributed by atoms with Crippen molar-refractivity contribution < 1.29 is 4.74 Å². The smallest absolute Gasteiger partial charge is 0.332 e. The van der Waals surface area contributed by atoms with Crippen LogP contribution in [0.5, 0.6) is 11.8 Å². The van der Waals surface area contributed by atoms with Crippen molar-refractivity contribution in [2.24, 2.45) is 14.1 Å². The van der Waals surface area contributed by atoms with Gasteiger partial charge in [-0.25, -0.2) is 4.79 Å². The van der Waals surface area contributed by atoms with E-state index in [1.165, 1.54) is 11.6 Å². The number of hydrogen-bond donors (Lipinski definition) is 0. The number of fused-ring (bicyclic) bond motifs is 1. The molecule has 0 unspecified atom stereocenters. The van der Waals surface area contributed by atoms with Crippen LogP contribution < -0.4 is 16.0 Å². The van der Waals surface area contributed by atoms with Crippen molar-refractivity contribution in [3.8, 4) is 22.9 Å². The molecule has 0 saturated heterocycles. The summed E-state index contributed by atoms with van der Waals surface area (Å²) >= 11 is 3.49. The molecule has 0 atom stereocenters. The highest BCUT2D eigenvalue weighted by molar-refractivity contribution is 9.10. The number of nitrogens with zero attached hydrogens (tertiary/aromatic N) is 4. The third-order valence-electron chi connectivity index (χ3n) is 5.71. The Balaban J connectivity index is 1.61. The average Bonchev–Trinajstić information content (AvgIpc) is 3.20. The molecule has 0 fully saturated rings. The van der Waals surface area contributed by atoms with Gasteiger partial charge < -0.3 is 4.74 Å². The fourth-order valence-electron chi connectivity index (χ4n) is 3.92. The van der Waals surface area contributed by atoms with Crippen molar-refractivity contribution in [1.29, 1.82) is 0 Å². The van der Waals surface area contributed by atoms with Crippen molar-refractivity contribution in [3.63, 3.8) is 0 Å². The van der Waals surface area contributed by atoms with E-state index < -0.39 is 11.2 Å². The normalized spacial score (nSPS) is 11.1. The summed E-state index contributed by atoms with van der Waals surface area (Å²) in [6.07, 6.45) is 0. The Labute approximate surface area is 203 Å². The van der Waals surface area contributed by atoms with Gasteiger partial charge in [-0.15, -0.1) is 0 Å². The van der Waals surface area contributed by atoms with Gasteiger partial charge in [0, 0.05) is 18.6 Å². The Morgan fingerprint density at radius 2 is 1.56 bits per heavy atom. The molecule has 2 heterocycles. The molecule has 170 valence electrons. The number of aryl methyl sites for hydroxylation is 1. The molecule has 34 heavy (non-hydrogen) atoms. The SMILES string of the molecule is Cn1c(=O)c2c(nc(Oc3ccc(-c4ccccc4)cc3)n2Cc2cccc(Br)c2)n(C)c1=O. The molecular weight excluding hydrogens is 496 g/mol. The molecule has 7 nitrogen and oxygen atoms in total. The monoisotopic (exact) mass is 516 g/mol. The number of benzene rings is 3. The molecule has 0 aliphatic rings. The van der Waals surface area contributed by atoms with Gasteiger partial charge in [-0.3, -0.25) is 18.5 Å². The molecule has 0 spiro atoms. The van der Waals surface area contributed by atoms with E-state index in [1.807, 2.05) is 78.9 Å². The molecule has 2 aromatic heterocycles. The van der Waals surface area contributed by atoms with Crippen LogP contribution >= 0.6 is 15.9 Å². The van der Waals surface area contributed by atoms with E-state index in [-0.39, 0.29) is 11.7 Å². The molecule has 8 heteroatoms. The van der Waals surface area contributed by atoms with Crippen LogP contribution in [-0.4, -0.2) is 18.7 Å². The summed E-state index contributed by atoms with van der Waals surface area (Å²) in [5.41, 5.74) is 2.84. The van der Waals surface area contributed by atoms with Gasteiger partial charge in [0.1, 0.15) is 5.75 Å². The second-order valence-electron chi connectivity index (χ2n) is 7.98. The molecule has 0 radical (unpaired) electrons. The zero-order valence-electron chi connectivity index (χ0n) is 18.6. The van der Waals surface area contributed by atoms with Crippen molar-refractivity contribution in [2.75, 3.05) is 0 Å². The van der Waals surface area contributed by atoms with Gasteiger partial charge in [-0.2, -0.15) is 4.98 Å². The summed E-state index contributed by atoms with van der Waals surface area (Å²) in [4.78, 5) is 30.1. The first-order valence-electron chi connectivity index (χ1n) is 10.7. The van der Waals surface area contributed by atoms with E-state index in [2.05, 4.69) is 20.9 Å². The van der Waals surface area contributed by atoms with Gasteiger partial charge in [0.2, 0.25) is 0 Å². The minimum absolute atomic E-state index is 0.237. The quantitative estimate of drug-likeness (QED) is 0.339. The van der Waals surface area contributed by atoms with Gasteiger partial charge in [0.05, 0.1) is 6.54 Å². The molecule has 5 rings (SSSR count). The Morgan fingerprint density at radius 1 is 0.853 bits per heavy atom. The molecule has 5 aromatic rings. The second-order valence-corrected chi connectivity index (χ2v) is 8.90. The summed E-state index contributed by atoms with van der Waals surface area (Å²) in [7, 11) is 3.06. The van der Waals surface area contributed by atoms with Gasteiger partial charge in [-0.05, 0) is 41.0 Å². The zero-order valence-corrected chi connectivity index (χ0v) is 20.2. The predicted octanol–water partition coefficient (Wildman–Crippen LogP) is 4.70. The molecule has 0 saturated carbocycles. The molecule has 0 aliphatic heterocycles. The van der Waals surface area contributed by atoms with E-state index >= 15 is 0 Å². The highest BCUT2D eigenvalue weighted by Crippen LogP contribution is 2.28. The van der Waals surface area contributed by atoms with Crippen LogP contribution in [0.2, 0.25) is 0 Å². The summed E-state index contributed by atoms with van der Waals surface area (Å²) in [6.45, 7) is 0.348. The van der Waals surface area contributed by atoms with Gasteiger partial charge in [0.15, 0.2) is 11.2 Å². The first-order valence-corrected chi connectivity index (χ1v) is 11.5. The summed E-state index contributed by atoms with van der Waals surface area (Å²) in [5, 5.41) is 0. The fourth-order valence-corrected chi connectivity index (χ4v) is 4.37. The lowest BCUT2D eigenvalue weighted by atomic mass is 10.1. The van der Waals surface area contributed by atoms with Crippen LogP contribution in [0, 0.1) is 0 Å². The van der Waals surface area contributed by atoms with Crippen LogP contribution in [-0.2, 0) is 20.6 Å². The lowest BCUT2D eigenvalue weighted by molar-refractivity contribution is 0.421. The van der Waals surface area contributed by atoms with Crippen LogP contribution in [0.1, 0.15) is 5.56 Å². The first kappa shape index (κ1) is 21.9. The molecular formula is C26H21BrN4O3. The lowest BCUT2D eigenvalue weighted by Crippen LogP contribution is -2.37. The topological polar surface area (TPSA) is 71.1 Å². The predicted molar refractivity (Wildman–Crippen MR) is 135 cm³/mol. The molecule has 0 aliphatic carbocycles. The van der Waals surface area contributed by atoms with Crippen molar-refractivity contribution in [3.05, 3.63) is 110 Å². The maximum atomic E-state index is 13.1. The maximum Gasteiger partial charge on any atom is 0.332 e. The number of halogens is 1. The Bertz CT molecular complexity index is 1620. The van der Waals surface area contributed by atoms with E-state index in [4.69, 9.17) is 4.74 Å². The Hall–Kier alpha value is -3.91. The van der Waals surface area contributed by atoms with Crippen LogP contribution in [0.3, 0.4) is 0 Å². The van der Waals surface area contributed by atoms with Crippen LogP contribution in [0.25, 0.3) is 22.3 Å². The summed E-state index contributed by atoms with van der Waals surface area (Å²) in [6, 6.07) is 25.8. The number of ether oxygens (including phenoxy) is 1. The largest absolute Gasteiger partial charge is 0.425 e. The zero-order chi connectivity index (χ0) is 23.8. The van der Waals surface area contributed by atoms with Crippen molar-refractivity contribution >= 4 is 27.1 Å². The molecule has 0 amide bonds. The van der Waals surface area contributed by atoms with E-state index in [0.717, 1.165) is 25.7 Å². The number of hydrogen-bond acceptors (Lipinski definition) is 4. The third kappa shape index (κ3) is 3.97. The third-order valence-corrected chi connectivity index (χ3v) is 6.21. The summed E-state index contributed by atoms with van der Waals surface area (Å²) in [5.74, 6) is 0.576. The maximum absolute atomic E-state index is 13.1. The first-order chi connectivity index (χ1) is 16.4. The van der Waals surface area contributed by atoms with Crippen LogP contribution in [0.15, 0.2) is 92.9 Å². The molecule has 0 N–H and O–H groups in total. The average molecular weight is 517 g/mol. The Kier molecular flexibility index (Phi) is 5.67. The van der Waals surface area contributed by atoms with Gasteiger partial charge in [0.25, 0.3) is 5.56 Å². The van der Waals surface area contributed by atoms with E-state index in [1.54, 1.807) is 11.6 Å². The highest BCUT2D eigenvalue weighted by Gasteiger charge is 2.21. The van der Waals surface area contributed by atoms with Crippen molar-refractivity contribution in [1.82, 2.24) is 18.7 Å². The molecule has 3 aromatic carbocycles. The van der Waals surface area contributed by atoms with E-state index in [0.29, 0.717) is 17.8 Å².